The molecule has 0 spiro atoms. The molecule has 1 saturated carbocycles. The second kappa shape index (κ2) is 10.3. The van der Waals surface area contributed by atoms with Crippen LogP contribution in [0.15, 0.2) is 42.5 Å². The largest absolute Gasteiger partial charge is 0.490 e. The first-order chi connectivity index (χ1) is 15.9. The third kappa shape index (κ3) is 6.45. The van der Waals surface area contributed by atoms with Crippen LogP contribution in [0.1, 0.15) is 58.4 Å². The maximum atomic E-state index is 14.3. The molecule has 0 unspecified atom stereocenters. The average molecular weight is 478 g/mol. The van der Waals surface area contributed by atoms with Gasteiger partial charge in [-0.25, -0.2) is 0 Å². The lowest BCUT2D eigenvalue weighted by Gasteiger charge is -2.37. The van der Waals surface area contributed by atoms with Gasteiger partial charge < -0.3 is 14.7 Å². The van der Waals surface area contributed by atoms with E-state index in [1.807, 2.05) is 0 Å². The molecule has 186 valence electrons. The van der Waals surface area contributed by atoms with Crippen LogP contribution in [-0.2, 0) is 11.0 Å². The van der Waals surface area contributed by atoms with Gasteiger partial charge in [0.25, 0.3) is 0 Å². The lowest BCUT2D eigenvalue weighted by Crippen LogP contribution is -2.31. The molecule has 7 heteroatoms. The van der Waals surface area contributed by atoms with Gasteiger partial charge in [-0.05, 0) is 66.3 Å². The molecule has 34 heavy (non-hydrogen) atoms. The quantitative estimate of drug-likeness (QED) is 0.456. The molecule has 1 fully saturated rings. The van der Waals surface area contributed by atoms with Crippen LogP contribution in [0.4, 0.5) is 18.9 Å². The molecule has 1 aliphatic carbocycles. The molecular formula is C27H34F3NO3. The van der Waals surface area contributed by atoms with Gasteiger partial charge >= 0.3 is 12.1 Å². The molecule has 1 N–H and O–H groups in total. The molecule has 0 aromatic heterocycles. The fourth-order valence-electron chi connectivity index (χ4n) is 4.69. The van der Waals surface area contributed by atoms with Crippen LogP contribution in [-0.4, -0.2) is 30.8 Å². The van der Waals surface area contributed by atoms with E-state index in [-0.39, 0.29) is 35.8 Å². The summed E-state index contributed by atoms with van der Waals surface area (Å²) in [5, 5.41) is 8.92. The van der Waals surface area contributed by atoms with Crippen LogP contribution < -0.4 is 9.64 Å². The fourth-order valence-corrected chi connectivity index (χ4v) is 4.69. The highest BCUT2D eigenvalue weighted by atomic mass is 19.4. The van der Waals surface area contributed by atoms with Crippen LogP contribution in [0.25, 0.3) is 11.1 Å². The summed E-state index contributed by atoms with van der Waals surface area (Å²) in [6.07, 6.45) is -1.50. The zero-order valence-corrected chi connectivity index (χ0v) is 20.3. The lowest BCUT2D eigenvalue weighted by atomic mass is 9.72. The number of hydrogen-bond donors (Lipinski definition) is 1. The summed E-state index contributed by atoms with van der Waals surface area (Å²) in [6, 6.07) is 11.2. The zero-order chi connectivity index (χ0) is 25.1. The number of alkyl halides is 3. The number of benzene rings is 2. The first-order valence-corrected chi connectivity index (χ1v) is 11.8. The van der Waals surface area contributed by atoms with Crippen molar-refractivity contribution in [2.75, 3.05) is 18.5 Å². The van der Waals surface area contributed by atoms with E-state index < -0.39 is 17.7 Å². The van der Waals surface area contributed by atoms with Gasteiger partial charge in [-0.2, -0.15) is 13.2 Å². The molecule has 4 nitrogen and oxygen atoms in total. The predicted molar refractivity (Wildman–Crippen MR) is 128 cm³/mol. The molecule has 3 rings (SSSR count). The summed E-state index contributed by atoms with van der Waals surface area (Å²) in [5.41, 5.74) is 0.540. The van der Waals surface area contributed by atoms with Crippen molar-refractivity contribution < 1.29 is 27.8 Å². The van der Waals surface area contributed by atoms with E-state index in [1.54, 1.807) is 42.3 Å². The first-order valence-electron chi connectivity index (χ1n) is 11.8. The lowest BCUT2D eigenvalue weighted by molar-refractivity contribution is -0.139. The third-order valence-electron chi connectivity index (χ3n) is 6.76. The topological polar surface area (TPSA) is 49.8 Å². The molecule has 0 heterocycles. The molecule has 0 amide bonds. The summed E-state index contributed by atoms with van der Waals surface area (Å²) >= 11 is 0. The number of halogens is 3. The number of anilines is 1. The second-order valence-corrected chi connectivity index (χ2v) is 10.2. The van der Waals surface area contributed by atoms with Crippen LogP contribution in [0.3, 0.4) is 0 Å². The van der Waals surface area contributed by atoms with Gasteiger partial charge in [-0.1, -0.05) is 45.0 Å². The molecular weight excluding hydrogens is 443 g/mol. The minimum absolute atomic E-state index is 0.0573. The first kappa shape index (κ1) is 25.9. The Labute approximate surface area is 199 Å². The van der Waals surface area contributed by atoms with Crippen LogP contribution in [0, 0.1) is 11.3 Å². The monoisotopic (exact) mass is 477 g/mol. The van der Waals surface area contributed by atoms with E-state index in [1.165, 1.54) is 12.1 Å². The van der Waals surface area contributed by atoms with E-state index >= 15 is 0 Å². The number of carboxylic acid groups (broad SMARTS) is 1. The zero-order valence-electron chi connectivity index (χ0n) is 20.3. The Morgan fingerprint density at radius 3 is 2.29 bits per heavy atom. The standard InChI is InChI=1S/C27H34F3NO3/c1-26(2,3)19-11-13-21(14-12-19)34-23-10-6-9-22(25(23)27(28,29)30)18-7-5-8-20(17-18)31(4)16-15-24(32)33/h5-10,17,19,21H,11-16H2,1-4H3,(H,32,33). The van der Waals surface area contributed by atoms with Crippen molar-refractivity contribution in [3.05, 3.63) is 48.0 Å². The van der Waals surface area contributed by atoms with E-state index in [0.717, 1.165) is 25.7 Å². The van der Waals surface area contributed by atoms with Crippen molar-refractivity contribution in [2.45, 2.75) is 65.2 Å². The Morgan fingerprint density at radius 1 is 1.06 bits per heavy atom. The highest BCUT2D eigenvalue weighted by Gasteiger charge is 2.39. The molecule has 1 aliphatic rings. The second-order valence-electron chi connectivity index (χ2n) is 10.2. The van der Waals surface area contributed by atoms with Crippen LogP contribution in [0.5, 0.6) is 5.75 Å². The Morgan fingerprint density at radius 2 is 1.71 bits per heavy atom. The summed E-state index contributed by atoms with van der Waals surface area (Å²) in [7, 11) is 1.72. The minimum atomic E-state index is -4.58. The number of rotatable bonds is 7. The van der Waals surface area contributed by atoms with E-state index in [0.29, 0.717) is 17.2 Å². The van der Waals surface area contributed by atoms with Gasteiger partial charge in [0.2, 0.25) is 0 Å². The van der Waals surface area contributed by atoms with Crippen molar-refractivity contribution in [1.82, 2.24) is 0 Å². The van der Waals surface area contributed by atoms with E-state index in [2.05, 4.69) is 20.8 Å². The molecule has 0 atom stereocenters. The van der Waals surface area contributed by atoms with Gasteiger partial charge in [0.1, 0.15) is 11.3 Å². The molecule has 2 aromatic carbocycles. The SMILES string of the molecule is CN(CCC(=O)O)c1cccc(-c2cccc(OC3CCC(C(C)(C)C)CC3)c2C(F)(F)F)c1. The Kier molecular flexibility index (Phi) is 7.84. The number of carbonyl (C=O) groups is 1. The van der Waals surface area contributed by atoms with Gasteiger partial charge in [-0.15, -0.1) is 0 Å². The number of nitrogens with zero attached hydrogens (tertiary/aromatic N) is 1. The molecule has 2 aromatic rings. The number of aliphatic carboxylic acids is 1. The van der Waals surface area contributed by atoms with Gasteiger partial charge in [0.05, 0.1) is 12.5 Å². The Bertz CT molecular complexity index is 989. The highest BCUT2D eigenvalue weighted by Crippen LogP contribution is 2.45. The smallest absolute Gasteiger partial charge is 0.420 e. The average Bonchev–Trinajstić information content (AvgIpc) is 2.76. The maximum Gasteiger partial charge on any atom is 0.420 e. The Hall–Kier alpha value is -2.70. The number of carboxylic acids is 1. The third-order valence-corrected chi connectivity index (χ3v) is 6.76. The van der Waals surface area contributed by atoms with Crippen molar-refractivity contribution in [3.63, 3.8) is 0 Å². The van der Waals surface area contributed by atoms with E-state index in [9.17, 15) is 18.0 Å². The van der Waals surface area contributed by atoms with Gasteiger partial charge in [-0.3, -0.25) is 4.79 Å². The van der Waals surface area contributed by atoms with Crippen LogP contribution in [0.2, 0.25) is 0 Å². The summed E-state index contributed by atoms with van der Waals surface area (Å²) in [6.45, 7) is 6.87. The molecule has 0 bridgehead atoms. The fraction of sp³-hybridized carbons (Fsp3) is 0.519. The van der Waals surface area contributed by atoms with Crippen molar-refractivity contribution in [3.8, 4) is 16.9 Å². The van der Waals surface area contributed by atoms with Crippen molar-refractivity contribution in [1.29, 1.82) is 0 Å². The molecule has 0 aliphatic heterocycles. The summed E-state index contributed by atoms with van der Waals surface area (Å²) < 4.78 is 48.8. The number of ether oxygens (including phenoxy) is 1. The molecule has 0 radical (unpaired) electrons. The number of hydrogen-bond acceptors (Lipinski definition) is 3. The van der Waals surface area contributed by atoms with Crippen molar-refractivity contribution >= 4 is 11.7 Å². The van der Waals surface area contributed by atoms with Crippen LogP contribution >= 0.6 is 0 Å². The molecule has 0 saturated heterocycles. The van der Waals surface area contributed by atoms with Gasteiger partial charge in [0, 0.05) is 19.3 Å². The van der Waals surface area contributed by atoms with E-state index in [4.69, 9.17) is 9.84 Å². The maximum absolute atomic E-state index is 14.3. The summed E-state index contributed by atoms with van der Waals surface area (Å²) in [4.78, 5) is 12.6. The normalized spacial score (nSPS) is 19.0. The predicted octanol–water partition coefficient (Wildman–Crippen LogP) is 7.27. The van der Waals surface area contributed by atoms with Gasteiger partial charge in [0.15, 0.2) is 0 Å². The Balaban J connectivity index is 1.88. The van der Waals surface area contributed by atoms with Crippen molar-refractivity contribution in [2.24, 2.45) is 11.3 Å². The minimum Gasteiger partial charge on any atom is -0.490 e. The highest BCUT2D eigenvalue weighted by molar-refractivity contribution is 5.74. The summed E-state index contributed by atoms with van der Waals surface area (Å²) in [5.74, 6) is -0.515.